The molecule has 1 aliphatic carbocycles. The molecule has 2 heterocycles. The van der Waals surface area contributed by atoms with Gasteiger partial charge in [0.2, 0.25) is 5.91 Å². The van der Waals surface area contributed by atoms with Crippen molar-refractivity contribution >= 4 is 5.91 Å². The van der Waals surface area contributed by atoms with E-state index in [1.807, 2.05) is 29.2 Å². The number of carbonyl (C=O) groups excluding carboxylic acids is 1. The first-order valence-corrected chi connectivity index (χ1v) is 9.98. The van der Waals surface area contributed by atoms with Crippen molar-refractivity contribution in [1.29, 1.82) is 0 Å². The van der Waals surface area contributed by atoms with Gasteiger partial charge < -0.3 is 19.3 Å². The minimum absolute atomic E-state index is 0.0217. The summed E-state index contributed by atoms with van der Waals surface area (Å²) in [6, 6.07) is 7.99. The summed E-state index contributed by atoms with van der Waals surface area (Å²) in [5.41, 5.74) is 1.14. The number of likely N-dealkylation sites (tertiary alicyclic amines) is 1. The lowest BCUT2D eigenvalue weighted by Crippen LogP contribution is -2.50. The van der Waals surface area contributed by atoms with Crippen LogP contribution >= 0.6 is 0 Å². The highest BCUT2D eigenvalue weighted by atomic mass is 16.5. The molecule has 0 aromatic heterocycles. The van der Waals surface area contributed by atoms with Crippen LogP contribution in [0.3, 0.4) is 0 Å². The third-order valence-electron chi connectivity index (χ3n) is 6.24. The molecule has 1 aromatic rings. The SMILES string of the molecule is COc1ccc(CN2CCO[C@@H]3CN(CC4CCC4)CC[C@@H]3C2=O)cc1. The van der Waals surface area contributed by atoms with Crippen LogP contribution in [0.5, 0.6) is 5.75 Å². The molecular weight excluding hydrogens is 328 g/mol. The third kappa shape index (κ3) is 3.89. The molecule has 1 aromatic carbocycles. The molecule has 1 amide bonds. The number of hydrogen-bond donors (Lipinski definition) is 0. The minimum atomic E-state index is 0.0217. The predicted octanol–water partition coefficient (Wildman–Crippen LogP) is 2.54. The molecule has 2 atom stereocenters. The summed E-state index contributed by atoms with van der Waals surface area (Å²) in [4.78, 5) is 17.6. The average molecular weight is 358 g/mol. The highest BCUT2D eigenvalue weighted by molar-refractivity contribution is 5.80. The molecule has 0 bridgehead atoms. The molecule has 5 nitrogen and oxygen atoms in total. The number of ether oxygens (including phenoxy) is 2. The van der Waals surface area contributed by atoms with Crippen molar-refractivity contribution in [1.82, 2.24) is 9.80 Å². The normalized spacial score (nSPS) is 27.6. The zero-order valence-corrected chi connectivity index (χ0v) is 15.7. The summed E-state index contributed by atoms with van der Waals surface area (Å²) in [6.07, 6.45) is 5.13. The second kappa shape index (κ2) is 7.97. The van der Waals surface area contributed by atoms with Crippen molar-refractivity contribution in [2.75, 3.05) is 39.9 Å². The highest BCUT2D eigenvalue weighted by Crippen LogP contribution is 2.31. The van der Waals surface area contributed by atoms with E-state index in [1.54, 1.807) is 7.11 Å². The Morgan fingerprint density at radius 2 is 1.96 bits per heavy atom. The van der Waals surface area contributed by atoms with Gasteiger partial charge in [0.15, 0.2) is 0 Å². The molecule has 3 aliphatic rings. The molecule has 1 saturated carbocycles. The summed E-state index contributed by atoms with van der Waals surface area (Å²) >= 11 is 0. The van der Waals surface area contributed by atoms with E-state index in [1.165, 1.54) is 25.8 Å². The molecule has 0 radical (unpaired) electrons. The number of fused-ring (bicyclic) bond motifs is 1. The summed E-state index contributed by atoms with van der Waals surface area (Å²) in [7, 11) is 1.67. The summed E-state index contributed by atoms with van der Waals surface area (Å²) in [6.45, 7) is 5.12. The molecule has 2 saturated heterocycles. The van der Waals surface area contributed by atoms with Crippen LogP contribution in [0.1, 0.15) is 31.2 Å². The van der Waals surface area contributed by atoms with Crippen LogP contribution in [0.15, 0.2) is 24.3 Å². The zero-order valence-electron chi connectivity index (χ0n) is 15.7. The summed E-state index contributed by atoms with van der Waals surface area (Å²) in [5, 5.41) is 0. The summed E-state index contributed by atoms with van der Waals surface area (Å²) < 4.78 is 11.3. The van der Waals surface area contributed by atoms with Gasteiger partial charge in [0.1, 0.15) is 5.75 Å². The standard InChI is InChI=1S/C21H30N2O3/c1-25-18-7-5-17(6-8-18)14-23-11-12-26-20-15-22(13-16-3-2-4-16)10-9-19(20)21(23)24/h5-8,16,19-20H,2-4,9-15H2,1H3/t19-,20+/m0/s1. The zero-order chi connectivity index (χ0) is 17.9. The Labute approximate surface area is 156 Å². The van der Waals surface area contributed by atoms with E-state index in [4.69, 9.17) is 9.47 Å². The van der Waals surface area contributed by atoms with Gasteiger partial charge in [-0.1, -0.05) is 18.6 Å². The Hall–Kier alpha value is -1.59. The van der Waals surface area contributed by atoms with E-state index in [0.717, 1.165) is 36.7 Å². The van der Waals surface area contributed by atoms with Crippen molar-refractivity contribution in [2.24, 2.45) is 11.8 Å². The maximum absolute atomic E-state index is 13.1. The maximum atomic E-state index is 13.1. The molecule has 0 N–H and O–H groups in total. The Morgan fingerprint density at radius 3 is 2.65 bits per heavy atom. The fraction of sp³-hybridized carbons (Fsp3) is 0.667. The second-order valence-corrected chi connectivity index (χ2v) is 7.97. The van der Waals surface area contributed by atoms with E-state index >= 15 is 0 Å². The van der Waals surface area contributed by atoms with Gasteiger partial charge in [0, 0.05) is 26.2 Å². The fourth-order valence-electron chi connectivity index (χ4n) is 4.41. The Bertz CT molecular complexity index is 614. The minimum Gasteiger partial charge on any atom is -0.497 e. The first kappa shape index (κ1) is 17.8. The molecule has 4 rings (SSSR count). The average Bonchev–Trinajstić information content (AvgIpc) is 2.78. The molecule has 2 aliphatic heterocycles. The predicted molar refractivity (Wildman–Crippen MR) is 100 cm³/mol. The molecule has 0 spiro atoms. The van der Waals surface area contributed by atoms with Crippen LogP contribution < -0.4 is 4.74 Å². The van der Waals surface area contributed by atoms with E-state index < -0.39 is 0 Å². The lowest BCUT2D eigenvalue weighted by atomic mass is 9.84. The molecule has 5 heteroatoms. The van der Waals surface area contributed by atoms with E-state index in [0.29, 0.717) is 19.7 Å². The maximum Gasteiger partial charge on any atom is 0.228 e. The van der Waals surface area contributed by atoms with Crippen molar-refractivity contribution in [3.8, 4) is 5.75 Å². The largest absolute Gasteiger partial charge is 0.497 e. The van der Waals surface area contributed by atoms with Crippen LogP contribution in [0.2, 0.25) is 0 Å². The summed E-state index contributed by atoms with van der Waals surface area (Å²) in [5.74, 6) is 2.01. The number of piperidine rings is 1. The number of methoxy groups -OCH3 is 1. The van der Waals surface area contributed by atoms with Crippen LogP contribution in [-0.2, 0) is 16.1 Å². The van der Waals surface area contributed by atoms with Crippen LogP contribution in [0, 0.1) is 11.8 Å². The van der Waals surface area contributed by atoms with Crippen molar-refractivity contribution in [2.45, 2.75) is 38.3 Å². The van der Waals surface area contributed by atoms with E-state index in [-0.39, 0.29) is 17.9 Å². The number of carbonyl (C=O) groups is 1. The quantitative estimate of drug-likeness (QED) is 0.811. The molecule has 0 unspecified atom stereocenters. The Balaban J connectivity index is 1.37. The molecular formula is C21H30N2O3. The van der Waals surface area contributed by atoms with Gasteiger partial charge in [-0.2, -0.15) is 0 Å². The van der Waals surface area contributed by atoms with Crippen molar-refractivity contribution < 1.29 is 14.3 Å². The molecule has 26 heavy (non-hydrogen) atoms. The van der Waals surface area contributed by atoms with Gasteiger partial charge in [0.05, 0.1) is 25.7 Å². The monoisotopic (exact) mass is 358 g/mol. The first-order chi connectivity index (χ1) is 12.7. The van der Waals surface area contributed by atoms with Gasteiger partial charge in [-0.25, -0.2) is 0 Å². The Kier molecular flexibility index (Phi) is 5.46. The smallest absolute Gasteiger partial charge is 0.228 e. The van der Waals surface area contributed by atoms with Crippen LogP contribution in [0.25, 0.3) is 0 Å². The highest BCUT2D eigenvalue weighted by Gasteiger charge is 2.39. The van der Waals surface area contributed by atoms with Crippen molar-refractivity contribution in [3.63, 3.8) is 0 Å². The van der Waals surface area contributed by atoms with Gasteiger partial charge in [-0.3, -0.25) is 4.79 Å². The van der Waals surface area contributed by atoms with Gasteiger partial charge >= 0.3 is 0 Å². The van der Waals surface area contributed by atoms with Gasteiger partial charge in [-0.15, -0.1) is 0 Å². The van der Waals surface area contributed by atoms with Crippen LogP contribution in [0.4, 0.5) is 0 Å². The van der Waals surface area contributed by atoms with E-state index in [2.05, 4.69) is 4.90 Å². The number of rotatable bonds is 5. The van der Waals surface area contributed by atoms with E-state index in [9.17, 15) is 4.79 Å². The van der Waals surface area contributed by atoms with Gasteiger partial charge in [-0.05, 0) is 49.4 Å². The molecule has 142 valence electrons. The lowest BCUT2D eigenvalue weighted by Gasteiger charge is -2.40. The molecule has 3 fully saturated rings. The third-order valence-corrected chi connectivity index (χ3v) is 6.24. The first-order valence-electron chi connectivity index (χ1n) is 9.98. The number of benzene rings is 1. The van der Waals surface area contributed by atoms with Gasteiger partial charge in [0.25, 0.3) is 0 Å². The number of nitrogens with zero attached hydrogens (tertiary/aromatic N) is 2. The number of amides is 1. The fourth-order valence-corrected chi connectivity index (χ4v) is 4.41. The second-order valence-electron chi connectivity index (χ2n) is 7.97. The van der Waals surface area contributed by atoms with Crippen LogP contribution in [-0.4, -0.2) is 61.7 Å². The lowest BCUT2D eigenvalue weighted by molar-refractivity contribution is -0.139. The Morgan fingerprint density at radius 1 is 1.15 bits per heavy atom. The number of hydrogen-bond acceptors (Lipinski definition) is 4. The van der Waals surface area contributed by atoms with Crippen molar-refractivity contribution in [3.05, 3.63) is 29.8 Å². The topological polar surface area (TPSA) is 42.0 Å².